The van der Waals surface area contributed by atoms with Crippen LogP contribution in [0.2, 0.25) is 0 Å². The zero-order chi connectivity index (χ0) is 29.6. The Morgan fingerprint density at radius 1 is 0.929 bits per heavy atom. The topological polar surface area (TPSA) is 66.4 Å². The number of fused-ring (bicyclic) bond motifs is 1. The van der Waals surface area contributed by atoms with Crippen molar-refractivity contribution in [2.45, 2.75) is 69.9 Å². The number of methoxy groups -OCH3 is 2. The molecular formula is C36H46O6. The highest BCUT2D eigenvalue weighted by Crippen LogP contribution is 2.50. The van der Waals surface area contributed by atoms with E-state index < -0.39 is 12.4 Å². The highest BCUT2D eigenvalue weighted by atomic mass is 16.7. The fourth-order valence-electron chi connectivity index (χ4n) is 7.18. The van der Waals surface area contributed by atoms with Gasteiger partial charge in [0.05, 0.1) is 45.2 Å². The van der Waals surface area contributed by atoms with Crippen LogP contribution in [0.4, 0.5) is 0 Å². The minimum Gasteiger partial charge on any atom is -0.497 e. The second-order valence-corrected chi connectivity index (χ2v) is 12.1. The SMILES string of the molecule is C=CC(O)C[C@@H]1C[C@H](C[C@@H]2C=C[C@@H]3[C@@H](C[C@@H](C)[C@H]3OCc3ccc(OC)cc3)[C@@H]2C=C)O[C@H](c2ccc(OC)cc2)O1. The van der Waals surface area contributed by atoms with Crippen molar-refractivity contribution in [3.63, 3.8) is 0 Å². The van der Waals surface area contributed by atoms with Crippen LogP contribution < -0.4 is 9.47 Å². The highest BCUT2D eigenvalue weighted by molar-refractivity contribution is 5.28. The Balaban J connectivity index is 1.27. The predicted molar refractivity (Wildman–Crippen MR) is 164 cm³/mol. The van der Waals surface area contributed by atoms with E-state index in [0.717, 1.165) is 41.9 Å². The largest absolute Gasteiger partial charge is 0.497 e. The second kappa shape index (κ2) is 14.0. The third-order valence-corrected chi connectivity index (χ3v) is 9.38. The van der Waals surface area contributed by atoms with E-state index in [2.05, 4.69) is 50.4 Å². The average Bonchev–Trinajstić information content (AvgIpc) is 3.34. The standard InChI is InChI=1S/C36H46O6/c1-6-27(37)20-31-21-30(41-36(42-31)25-10-15-29(39-5)16-11-25)19-26-12-17-33-34(32(26)7-2)18-23(3)35(33)40-22-24-8-13-28(38-4)14-9-24/h6-17,23,26-27,30-37H,1-2,18-22H2,3-5H3/t23-,26+,27?,30+,31-,32-,33-,34+,35-,36+/m1/s1. The van der Waals surface area contributed by atoms with Crippen LogP contribution >= 0.6 is 0 Å². The number of rotatable bonds is 12. The first-order valence-electron chi connectivity index (χ1n) is 15.2. The second-order valence-electron chi connectivity index (χ2n) is 12.1. The number of hydrogen-bond acceptors (Lipinski definition) is 6. The lowest BCUT2D eigenvalue weighted by molar-refractivity contribution is -0.254. The molecule has 0 radical (unpaired) electrons. The van der Waals surface area contributed by atoms with Gasteiger partial charge in [0.2, 0.25) is 0 Å². The molecule has 226 valence electrons. The molecule has 0 bridgehead atoms. The van der Waals surface area contributed by atoms with E-state index in [9.17, 15) is 5.11 Å². The van der Waals surface area contributed by atoms with Crippen molar-refractivity contribution < 1.29 is 28.8 Å². The van der Waals surface area contributed by atoms with Crippen molar-refractivity contribution >= 4 is 0 Å². The van der Waals surface area contributed by atoms with Crippen LogP contribution in [0, 0.1) is 29.6 Å². The van der Waals surface area contributed by atoms with Gasteiger partial charge < -0.3 is 28.8 Å². The Morgan fingerprint density at radius 2 is 1.60 bits per heavy atom. The molecule has 1 saturated heterocycles. The molecule has 2 fully saturated rings. The molecule has 10 atom stereocenters. The first-order valence-corrected chi connectivity index (χ1v) is 15.2. The lowest BCUT2D eigenvalue weighted by Crippen LogP contribution is -2.39. The fraction of sp³-hybridized carbons (Fsp3) is 0.500. The van der Waals surface area contributed by atoms with Gasteiger partial charge in [-0.15, -0.1) is 13.2 Å². The number of aliphatic hydroxyl groups excluding tert-OH is 1. The Bertz CT molecular complexity index is 1190. The van der Waals surface area contributed by atoms with Crippen LogP contribution in [0.3, 0.4) is 0 Å². The van der Waals surface area contributed by atoms with Crippen molar-refractivity contribution in [3.8, 4) is 11.5 Å². The molecule has 1 N–H and O–H groups in total. The van der Waals surface area contributed by atoms with Crippen LogP contribution in [0.1, 0.15) is 50.0 Å². The Hall–Kier alpha value is -2.90. The summed E-state index contributed by atoms with van der Waals surface area (Å²) in [4.78, 5) is 0. The Kier molecular flexibility index (Phi) is 10.2. The highest BCUT2D eigenvalue weighted by Gasteiger charge is 2.47. The van der Waals surface area contributed by atoms with Crippen molar-refractivity contribution in [2.75, 3.05) is 14.2 Å². The summed E-state index contributed by atoms with van der Waals surface area (Å²) in [5, 5.41) is 10.3. The van der Waals surface area contributed by atoms with Gasteiger partial charge in [0.25, 0.3) is 0 Å². The van der Waals surface area contributed by atoms with Gasteiger partial charge in [-0.25, -0.2) is 0 Å². The molecule has 3 aliphatic rings. The first-order chi connectivity index (χ1) is 20.4. The fourth-order valence-corrected chi connectivity index (χ4v) is 7.18. The molecule has 0 aromatic heterocycles. The molecule has 0 amide bonds. The first kappa shape index (κ1) is 30.6. The van der Waals surface area contributed by atoms with Gasteiger partial charge in [0.1, 0.15) is 11.5 Å². The van der Waals surface area contributed by atoms with E-state index in [0.29, 0.717) is 42.6 Å². The molecule has 1 saturated carbocycles. The molecule has 42 heavy (non-hydrogen) atoms. The van der Waals surface area contributed by atoms with E-state index in [-0.39, 0.29) is 18.3 Å². The van der Waals surface area contributed by atoms with Crippen LogP contribution in [0.5, 0.6) is 11.5 Å². The van der Waals surface area contributed by atoms with E-state index >= 15 is 0 Å². The number of aliphatic hydroxyl groups is 1. The van der Waals surface area contributed by atoms with Gasteiger partial charge in [-0.2, -0.15) is 0 Å². The van der Waals surface area contributed by atoms with Crippen molar-refractivity contribution in [1.29, 1.82) is 0 Å². The summed E-state index contributed by atoms with van der Waals surface area (Å²) in [7, 11) is 3.34. The molecule has 2 aromatic rings. The molecule has 2 aliphatic carbocycles. The summed E-state index contributed by atoms with van der Waals surface area (Å²) in [6.07, 6.45) is 10.6. The maximum atomic E-state index is 10.3. The normalized spacial score (nSPS) is 33.0. The molecule has 5 rings (SSSR count). The summed E-state index contributed by atoms with van der Waals surface area (Å²) < 4.78 is 30.1. The molecule has 2 aromatic carbocycles. The Morgan fingerprint density at radius 3 is 2.24 bits per heavy atom. The van der Waals surface area contributed by atoms with Crippen molar-refractivity contribution in [1.82, 2.24) is 0 Å². The van der Waals surface area contributed by atoms with Gasteiger partial charge in [-0.1, -0.05) is 55.5 Å². The molecule has 1 unspecified atom stereocenters. The summed E-state index contributed by atoms with van der Waals surface area (Å²) in [5.74, 6) is 3.64. The minimum absolute atomic E-state index is 0.0116. The third kappa shape index (κ3) is 7.00. The molecule has 6 nitrogen and oxygen atoms in total. The van der Waals surface area contributed by atoms with Gasteiger partial charge in [-0.3, -0.25) is 0 Å². The summed E-state index contributed by atoms with van der Waals surface area (Å²) in [6.45, 7) is 10.9. The Labute approximate surface area is 251 Å². The lowest BCUT2D eigenvalue weighted by atomic mass is 9.69. The van der Waals surface area contributed by atoms with Crippen molar-refractivity contribution in [2.24, 2.45) is 29.6 Å². The monoisotopic (exact) mass is 574 g/mol. The van der Waals surface area contributed by atoms with Crippen LogP contribution in [-0.2, 0) is 20.8 Å². The lowest BCUT2D eigenvalue weighted by Gasteiger charge is -2.41. The van der Waals surface area contributed by atoms with Gasteiger partial charge in [-0.05, 0) is 66.3 Å². The molecular weight excluding hydrogens is 528 g/mol. The summed E-state index contributed by atoms with van der Waals surface area (Å²) in [5.41, 5.74) is 2.10. The summed E-state index contributed by atoms with van der Waals surface area (Å²) >= 11 is 0. The van der Waals surface area contributed by atoms with Crippen LogP contribution in [0.15, 0.2) is 86.0 Å². The quantitative estimate of drug-likeness (QED) is 0.274. The molecule has 0 spiro atoms. The van der Waals surface area contributed by atoms with Crippen molar-refractivity contribution in [3.05, 3.63) is 97.1 Å². The van der Waals surface area contributed by atoms with E-state index in [1.54, 1.807) is 20.3 Å². The van der Waals surface area contributed by atoms with Gasteiger partial charge in [0, 0.05) is 24.3 Å². The number of allylic oxidation sites excluding steroid dienone is 2. The number of ether oxygens (including phenoxy) is 5. The molecule has 1 aliphatic heterocycles. The smallest absolute Gasteiger partial charge is 0.184 e. The van der Waals surface area contributed by atoms with E-state index in [1.807, 2.05) is 36.4 Å². The zero-order valence-corrected chi connectivity index (χ0v) is 25.1. The van der Waals surface area contributed by atoms with Gasteiger partial charge in [0.15, 0.2) is 6.29 Å². The maximum absolute atomic E-state index is 10.3. The predicted octanol–water partition coefficient (Wildman–Crippen LogP) is 7.05. The minimum atomic E-state index is -0.614. The number of benzene rings is 2. The van der Waals surface area contributed by atoms with Crippen LogP contribution in [-0.4, -0.2) is 43.7 Å². The average molecular weight is 575 g/mol. The van der Waals surface area contributed by atoms with Gasteiger partial charge >= 0.3 is 0 Å². The number of hydrogen-bond donors (Lipinski definition) is 1. The zero-order valence-electron chi connectivity index (χ0n) is 25.1. The van der Waals surface area contributed by atoms with E-state index in [4.69, 9.17) is 23.7 Å². The van der Waals surface area contributed by atoms with E-state index in [1.165, 1.54) is 0 Å². The summed E-state index contributed by atoms with van der Waals surface area (Å²) in [6, 6.07) is 15.9. The molecule has 6 heteroatoms. The molecule has 1 heterocycles. The van der Waals surface area contributed by atoms with Crippen LogP contribution in [0.25, 0.3) is 0 Å². The maximum Gasteiger partial charge on any atom is 0.184 e. The third-order valence-electron chi connectivity index (χ3n) is 9.38.